The minimum Gasteiger partial charge on any atom is -0.264 e. The van der Waals surface area contributed by atoms with Crippen molar-refractivity contribution in [2.75, 3.05) is 0 Å². The molecule has 0 aliphatic rings. The maximum Gasteiger partial charge on any atom is 0.394 e. The first kappa shape index (κ1) is 4.87. The summed E-state index contributed by atoms with van der Waals surface area (Å²) >= 11 is 0. The summed E-state index contributed by atoms with van der Waals surface area (Å²) in [6, 6.07) is 0. The Kier molecular flexibility index (Phi) is 0.901. The third kappa shape index (κ3) is 801. The first-order valence-electron chi connectivity index (χ1n) is 0.698. The zero-order valence-electron chi connectivity index (χ0n) is 2.12. The molecule has 0 aromatic heterocycles. The van der Waals surface area contributed by atoms with E-state index in [0.29, 0.717) is 0 Å². The summed E-state index contributed by atoms with van der Waals surface area (Å²) in [5.41, 5.74) is 0. The molecule has 0 heterocycles. The van der Waals surface area contributed by atoms with Crippen LogP contribution in [-0.2, 0) is 10.4 Å². The maximum atomic E-state index is 8.74. The lowest BCUT2D eigenvalue weighted by atomic mass is 15.8. The van der Waals surface area contributed by atoms with Gasteiger partial charge in [0.1, 0.15) is 0 Å². The van der Waals surface area contributed by atoms with Crippen molar-refractivity contribution < 1.29 is 17.5 Å². The number of rotatable bonds is 0. The quantitative estimate of drug-likeness (QED) is 0.395. The van der Waals surface area contributed by atoms with Gasteiger partial charge in [-0.3, -0.25) is 9.11 Å². The van der Waals surface area contributed by atoms with Crippen molar-refractivity contribution in [3.05, 3.63) is 0 Å². The highest BCUT2D eigenvalue weighted by atomic mass is 33.1. The monoisotopic (exact) mass is 99.0 g/mol. The Morgan fingerprint density at radius 2 is 1.20 bits per heavy atom. The molecule has 0 saturated carbocycles. The molecule has 32 valence electrons. The van der Waals surface area contributed by atoms with E-state index >= 15 is 0 Å². The summed E-state index contributed by atoms with van der Waals surface area (Å²) < 4.78 is 31.6. The topological polar surface area (TPSA) is 74.6 Å². The molecular weight excluding hydrogens is 97.0 g/mol. The highest BCUT2D eigenvalue weighted by molar-refractivity contribution is 7.79. The van der Waals surface area contributed by atoms with Gasteiger partial charge in [0.05, 0.1) is 0 Å². The van der Waals surface area contributed by atoms with Gasteiger partial charge < -0.3 is 0 Å². The van der Waals surface area contributed by atoms with Gasteiger partial charge >= 0.3 is 10.4 Å². The Morgan fingerprint density at radius 1 is 1.20 bits per heavy atom. The van der Waals surface area contributed by atoms with Crippen molar-refractivity contribution >= 4 is 10.4 Å². The molecule has 5 heteroatoms. The van der Waals surface area contributed by atoms with Crippen LogP contribution in [0.5, 0.6) is 0 Å². The van der Waals surface area contributed by atoms with Gasteiger partial charge in [-0.25, -0.2) is 0 Å². The zero-order valence-corrected chi connectivity index (χ0v) is 2.94. The molecule has 0 radical (unpaired) electrons. The van der Waals surface area contributed by atoms with Crippen LogP contribution < -0.4 is 0 Å². The molecule has 0 aromatic carbocycles. The van der Waals surface area contributed by atoms with E-state index < -0.39 is 10.4 Å². The van der Waals surface area contributed by atoms with Gasteiger partial charge in [-0.1, -0.05) is 0 Å². The summed E-state index contributed by atoms with van der Waals surface area (Å²) in [6.45, 7) is 0. The van der Waals surface area contributed by atoms with Gasteiger partial charge in [0.2, 0.25) is 0 Å². The summed E-state index contributed by atoms with van der Waals surface area (Å²) in [5, 5.41) is 0. The molecule has 5 heavy (non-hydrogen) atoms. The molecule has 0 fully saturated rings. The second-order valence-corrected chi connectivity index (χ2v) is 1.34. The van der Waals surface area contributed by atoms with Gasteiger partial charge in [-0.05, 0) is 0 Å². The molecule has 0 spiro atoms. The first-order chi connectivity index (χ1) is 2.00. The highest BCUT2D eigenvalue weighted by Gasteiger charge is 1.84. The van der Waals surface area contributed by atoms with Crippen LogP contribution in [0.4, 0.5) is 0 Å². The van der Waals surface area contributed by atoms with Crippen molar-refractivity contribution in [3.63, 3.8) is 0 Å². The predicted molar refractivity (Wildman–Crippen MR) is 14.2 cm³/mol. The van der Waals surface area contributed by atoms with Gasteiger partial charge in [0.25, 0.3) is 0 Å². The van der Waals surface area contributed by atoms with E-state index in [2.05, 4.69) is 0 Å². The van der Waals surface area contributed by atoms with Crippen molar-refractivity contribution in [1.82, 2.24) is 0 Å². The van der Waals surface area contributed by atoms with E-state index in [4.69, 9.17) is 17.5 Å². The Labute approximate surface area is 29.0 Å². The second-order valence-electron chi connectivity index (χ2n) is 0.448. The Morgan fingerprint density at radius 3 is 1.20 bits per heavy atom. The largest absolute Gasteiger partial charge is 0.394 e. The van der Waals surface area contributed by atoms with Crippen LogP contribution in [0.3, 0.4) is 0 Å². The lowest BCUT2D eigenvalue weighted by Crippen LogP contribution is -1.89. The average molecular weight is 99.0 g/mol. The number of hydrogen-bond acceptors (Lipinski definition) is 2. The lowest BCUT2D eigenvalue weighted by molar-refractivity contribution is 0.381. The molecule has 0 amide bonds. The minimum atomic E-state index is -4.67. The van der Waals surface area contributed by atoms with Crippen molar-refractivity contribution in [2.45, 2.75) is 0 Å². The summed E-state index contributed by atoms with van der Waals surface area (Å²) in [5.74, 6) is 0. The third-order valence-corrected chi connectivity index (χ3v) is 0. The molecule has 0 aliphatic heterocycles. The van der Waals surface area contributed by atoms with E-state index in [0.717, 1.165) is 0 Å². The smallest absolute Gasteiger partial charge is 0.264 e. The Hall–Kier alpha value is -0.130. The molecule has 0 unspecified atom stereocenters. The molecule has 0 saturated heterocycles. The van der Waals surface area contributed by atoms with Crippen molar-refractivity contribution in [2.24, 2.45) is 0 Å². The van der Waals surface area contributed by atoms with Crippen molar-refractivity contribution in [3.8, 4) is 0 Å². The fraction of sp³-hybridized carbons (Fsp3) is 0. The molecule has 2 N–H and O–H groups in total. The van der Waals surface area contributed by atoms with Gasteiger partial charge in [0, 0.05) is 0 Å². The Balaban J connectivity index is 4.06. The van der Waals surface area contributed by atoms with Gasteiger partial charge in [-0.15, -0.1) is 0 Å². The third-order valence-electron chi connectivity index (χ3n) is 0. The van der Waals surface area contributed by atoms with E-state index in [1.807, 2.05) is 0 Å². The fourth-order valence-corrected chi connectivity index (χ4v) is 0. The normalized spacial score (nSPS) is 11.6. The van der Waals surface area contributed by atoms with Crippen LogP contribution in [0, 0.1) is 0 Å². The number of hydrogen-bond donors (Lipinski definition) is 2. The molecule has 0 aromatic rings. The molecule has 0 aliphatic carbocycles. The van der Waals surface area contributed by atoms with E-state index in [-0.39, 0.29) is 0 Å². The summed E-state index contributed by atoms with van der Waals surface area (Å²) in [4.78, 5) is 0. The van der Waals surface area contributed by atoms with E-state index in [1.54, 1.807) is 0 Å². The second kappa shape index (κ2) is 0.925. The van der Waals surface area contributed by atoms with E-state index in [1.165, 1.54) is 0 Å². The van der Waals surface area contributed by atoms with Crippen molar-refractivity contribution in [1.29, 1.82) is 0 Å². The van der Waals surface area contributed by atoms with Gasteiger partial charge in [-0.2, -0.15) is 8.42 Å². The van der Waals surface area contributed by atoms with Crippen LogP contribution >= 0.6 is 0 Å². The predicted octanol–water partition coefficient (Wildman–Crippen LogP) is -0.653. The van der Waals surface area contributed by atoms with Crippen LogP contribution in [0.15, 0.2) is 0 Å². The van der Waals surface area contributed by atoms with Crippen LogP contribution in [0.2, 0.25) is 0 Å². The zero-order chi connectivity index (χ0) is 4.50. The fourth-order valence-electron chi connectivity index (χ4n) is 0. The standard InChI is InChI=1S/H2O4S/c1-5(2,3)4/h(H2,1,2,3,4)/i5+1. The summed E-state index contributed by atoms with van der Waals surface area (Å²) in [6.07, 6.45) is 0. The Bertz CT molecular complexity index is 86.8. The highest BCUT2D eigenvalue weighted by Crippen LogP contribution is 1.59. The lowest BCUT2D eigenvalue weighted by Gasteiger charge is -1.68. The van der Waals surface area contributed by atoms with Crippen LogP contribution in [-0.4, -0.2) is 17.5 Å². The minimum absolute atomic E-state index is 4.67. The molecule has 0 rings (SSSR count). The SMILES string of the molecule is O=[33S](=O)(O)O. The molecular formula is H2O4S. The maximum absolute atomic E-state index is 8.74. The van der Waals surface area contributed by atoms with E-state index in [9.17, 15) is 0 Å². The molecule has 0 bridgehead atoms. The average Bonchev–Trinajstić information content (AvgIpc) is 0.722. The molecule has 4 nitrogen and oxygen atoms in total. The molecule has 0 atom stereocenters. The van der Waals surface area contributed by atoms with Crippen LogP contribution in [0.1, 0.15) is 0 Å². The van der Waals surface area contributed by atoms with Gasteiger partial charge in [0.15, 0.2) is 0 Å². The van der Waals surface area contributed by atoms with Crippen LogP contribution in [0.25, 0.3) is 0 Å². The summed E-state index contributed by atoms with van der Waals surface area (Å²) in [7, 11) is -4.67. The first-order valence-corrected chi connectivity index (χ1v) is 2.10.